The van der Waals surface area contributed by atoms with Gasteiger partial charge in [-0.15, -0.1) is 0 Å². The molecular weight excluding hydrogens is 512 g/mol. The van der Waals surface area contributed by atoms with Crippen LogP contribution in [-0.2, 0) is 26.4 Å². The first kappa shape index (κ1) is 30.8. The number of hydrogen-bond acceptors (Lipinski definition) is 7. The molecule has 0 aromatic heterocycles. The standard InChI is InChI=1S/C26H40N4O5S2/c1-4-5-6-7-8-18-37(34,35)23-13-11-22(12-14-23)29-26(31)24-19-21(20-28-17-9-16-27)10-15-25(24)30(2)36(3,32)33/h10-15,19,28H,4-9,16-18,20,27H2,1-3H3,(H,29,31). The maximum Gasteiger partial charge on any atom is 0.257 e. The summed E-state index contributed by atoms with van der Waals surface area (Å²) in [6.45, 7) is 3.89. The molecule has 0 bridgehead atoms. The van der Waals surface area contributed by atoms with Crippen LogP contribution in [-0.4, -0.2) is 54.9 Å². The zero-order valence-corrected chi connectivity index (χ0v) is 23.6. The molecule has 37 heavy (non-hydrogen) atoms. The lowest BCUT2D eigenvalue weighted by Crippen LogP contribution is -2.28. The lowest BCUT2D eigenvalue weighted by atomic mass is 10.1. The van der Waals surface area contributed by atoms with Crippen molar-refractivity contribution >= 4 is 37.1 Å². The number of nitrogens with zero attached hydrogens (tertiary/aromatic N) is 1. The highest BCUT2D eigenvalue weighted by Crippen LogP contribution is 2.25. The maximum atomic E-state index is 13.2. The summed E-state index contributed by atoms with van der Waals surface area (Å²) < 4.78 is 50.7. The Hall–Kier alpha value is -2.47. The van der Waals surface area contributed by atoms with E-state index in [1.807, 2.05) is 0 Å². The lowest BCUT2D eigenvalue weighted by Gasteiger charge is -2.21. The molecule has 0 unspecified atom stereocenters. The highest BCUT2D eigenvalue weighted by molar-refractivity contribution is 7.92. The molecule has 0 atom stereocenters. The van der Waals surface area contributed by atoms with Gasteiger partial charge in [0.1, 0.15) is 0 Å². The van der Waals surface area contributed by atoms with Gasteiger partial charge >= 0.3 is 0 Å². The zero-order valence-electron chi connectivity index (χ0n) is 22.0. The third-order valence-corrected chi connectivity index (χ3v) is 9.03. The first-order chi connectivity index (χ1) is 17.5. The van der Waals surface area contributed by atoms with Crippen LogP contribution in [0.2, 0.25) is 0 Å². The van der Waals surface area contributed by atoms with Crippen LogP contribution in [0.25, 0.3) is 0 Å². The lowest BCUT2D eigenvalue weighted by molar-refractivity contribution is 0.102. The van der Waals surface area contributed by atoms with Gasteiger partial charge in [0.15, 0.2) is 9.84 Å². The average Bonchev–Trinajstić information content (AvgIpc) is 2.85. The number of hydrogen-bond donors (Lipinski definition) is 3. The number of carbonyl (C=O) groups is 1. The van der Waals surface area contributed by atoms with Gasteiger partial charge in [-0.2, -0.15) is 0 Å². The minimum atomic E-state index is -3.60. The molecule has 0 fully saturated rings. The summed E-state index contributed by atoms with van der Waals surface area (Å²) in [4.78, 5) is 13.4. The first-order valence-electron chi connectivity index (χ1n) is 12.6. The fourth-order valence-electron chi connectivity index (χ4n) is 3.75. The van der Waals surface area contributed by atoms with Crippen molar-refractivity contribution in [1.82, 2.24) is 5.32 Å². The molecule has 1 amide bonds. The third kappa shape index (κ3) is 9.73. The van der Waals surface area contributed by atoms with Gasteiger partial charge in [-0.1, -0.05) is 38.7 Å². The Kier molecular flexibility index (Phi) is 12.0. The van der Waals surface area contributed by atoms with E-state index in [2.05, 4.69) is 17.6 Å². The number of amides is 1. The van der Waals surface area contributed by atoms with E-state index < -0.39 is 25.8 Å². The molecule has 4 N–H and O–H groups in total. The number of nitrogens with one attached hydrogen (secondary N) is 2. The van der Waals surface area contributed by atoms with Crippen LogP contribution in [0.4, 0.5) is 11.4 Å². The molecule has 0 radical (unpaired) electrons. The fourth-order valence-corrected chi connectivity index (χ4v) is 5.63. The Morgan fingerprint density at radius 3 is 2.24 bits per heavy atom. The van der Waals surface area contributed by atoms with E-state index in [9.17, 15) is 21.6 Å². The van der Waals surface area contributed by atoms with E-state index in [1.54, 1.807) is 30.3 Å². The Morgan fingerprint density at radius 1 is 0.946 bits per heavy atom. The summed E-state index contributed by atoms with van der Waals surface area (Å²) in [7, 11) is -5.61. The molecule has 0 aliphatic heterocycles. The van der Waals surface area contributed by atoms with Crippen molar-refractivity contribution in [3.8, 4) is 0 Å². The SMILES string of the molecule is CCCCCCCS(=O)(=O)c1ccc(NC(=O)c2cc(CNCCCN)ccc2N(C)S(C)(=O)=O)cc1. The smallest absolute Gasteiger partial charge is 0.257 e. The zero-order chi connectivity index (χ0) is 27.5. The molecule has 11 heteroatoms. The van der Waals surface area contributed by atoms with Crippen LogP contribution >= 0.6 is 0 Å². The van der Waals surface area contributed by atoms with Crippen molar-refractivity contribution in [2.75, 3.05) is 41.8 Å². The number of nitrogens with two attached hydrogens (primary N) is 1. The number of benzene rings is 2. The van der Waals surface area contributed by atoms with Gasteiger partial charge in [0.25, 0.3) is 5.91 Å². The molecule has 2 rings (SSSR count). The monoisotopic (exact) mass is 552 g/mol. The number of sulfone groups is 1. The second-order valence-electron chi connectivity index (χ2n) is 9.11. The predicted octanol–water partition coefficient (Wildman–Crippen LogP) is 3.52. The highest BCUT2D eigenvalue weighted by Gasteiger charge is 2.21. The minimum absolute atomic E-state index is 0.0930. The molecule has 2 aromatic carbocycles. The van der Waals surface area contributed by atoms with Gasteiger partial charge in [0.2, 0.25) is 10.0 Å². The van der Waals surface area contributed by atoms with E-state index in [-0.39, 0.29) is 21.9 Å². The molecule has 0 aliphatic carbocycles. The number of sulfonamides is 1. The Bertz CT molecular complexity index is 1230. The number of carbonyl (C=O) groups excluding carboxylic acids is 1. The molecule has 0 aliphatic rings. The van der Waals surface area contributed by atoms with E-state index in [0.29, 0.717) is 25.2 Å². The summed E-state index contributed by atoms with van der Waals surface area (Å²) in [6, 6.07) is 11.1. The Balaban J connectivity index is 2.19. The van der Waals surface area contributed by atoms with Crippen LogP contribution in [0.3, 0.4) is 0 Å². The minimum Gasteiger partial charge on any atom is -0.330 e. The van der Waals surface area contributed by atoms with Gasteiger partial charge in [-0.05, 0) is 67.9 Å². The largest absolute Gasteiger partial charge is 0.330 e. The maximum absolute atomic E-state index is 13.2. The fraction of sp³-hybridized carbons (Fsp3) is 0.500. The number of unbranched alkanes of at least 4 members (excludes halogenated alkanes) is 4. The molecule has 9 nitrogen and oxygen atoms in total. The van der Waals surface area contributed by atoms with Crippen molar-refractivity contribution in [1.29, 1.82) is 0 Å². The van der Waals surface area contributed by atoms with Crippen molar-refractivity contribution < 1.29 is 21.6 Å². The normalized spacial score (nSPS) is 11.9. The van der Waals surface area contributed by atoms with E-state index in [4.69, 9.17) is 5.73 Å². The summed E-state index contributed by atoms with van der Waals surface area (Å²) in [5.74, 6) is -0.406. The topological polar surface area (TPSA) is 139 Å². The van der Waals surface area contributed by atoms with Crippen LogP contribution in [0.1, 0.15) is 61.4 Å². The summed E-state index contributed by atoms with van der Waals surface area (Å²) in [6.07, 6.45) is 6.61. The second kappa shape index (κ2) is 14.5. The van der Waals surface area contributed by atoms with E-state index in [0.717, 1.165) is 54.8 Å². The van der Waals surface area contributed by atoms with Crippen LogP contribution in [0.5, 0.6) is 0 Å². The predicted molar refractivity (Wildman–Crippen MR) is 150 cm³/mol. The highest BCUT2D eigenvalue weighted by atomic mass is 32.2. The van der Waals surface area contributed by atoms with Gasteiger partial charge in [0.05, 0.1) is 28.2 Å². The van der Waals surface area contributed by atoms with E-state index in [1.165, 1.54) is 19.2 Å². The van der Waals surface area contributed by atoms with Gasteiger partial charge in [0, 0.05) is 19.3 Å². The first-order valence-corrected chi connectivity index (χ1v) is 16.1. The quantitative estimate of drug-likeness (QED) is 0.271. The molecule has 0 saturated heterocycles. The molecular formula is C26H40N4O5S2. The summed E-state index contributed by atoms with van der Waals surface area (Å²) >= 11 is 0. The van der Waals surface area contributed by atoms with Crippen molar-refractivity contribution in [3.63, 3.8) is 0 Å². The van der Waals surface area contributed by atoms with Crippen molar-refractivity contribution in [2.24, 2.45) is 5.73 Å². The Labute approximate surface area is 221 Å². The molecule has 0 saturated carbocycles. The number of rotatable bonds is 16. The molecule has 0 heterocycles. The van der Waals surface area contributed by atoms with Crippen LogP contribution in [0, 0.1) is 0 Å². The van der Waals surface area contributed by atoms with Crippen LogP contribution < -0.4 is 20.7 Å². The molecule has 206 valence electrons. The Morgan fingerprint density at radius 2 is 1.62 bits per heavy atom. The van der Waals surface area contributed by atoms with Gasteiger partial charge in [-0.3, -0.25) is 9.10 Å². The third-order valence-electron chi connectivity index (χ3n) is 6.02. The molecule has 2 aromatic rings. The second-order valence-corrected chi connectivity index (χ2v) is 13.2. The number of anilines is 2. The van der Waals surface area contributed by atoms with E-state index >= 15 is 0 Å². The van der Waals surface area contributed by atoms with Crippen LogP contribution in [0.15, 0.2) is 47.4 Å². The van der Waals surface area contributed by atoms with Gasteiger partial charge < -0.3 is 16.4 Å². The summed E-state index contributed by atoms with van der Waals surface area (Å²) in [5.41, 5.74) is 7.18. The summed E-state index contributed by atoms with van der Waals surface area (Å²) in [5, 5.41) is 6.00. The van der Waals surface area contributed by atoms with Gasteiger partial charge in [-0.25, -0.2) is 16.8 Å². The molecule has 0 spiro atoms. The van der Waals surface area contributed by atoms with Crippen molar-refractivity contribution in [2.45, 2.75) is 56.9 Å². The average molecular weight is 553 g/mol. The van der Waals surface area contributed by atoms with Crippen molar-refractivity contribution in [3.05, 3.63) is 53.6 Å².